The van der Waals surface area contributed by atoms with Crippen molar-refractivity contribution in [2.45, 2.75) is 25.5 Å². The molecule has 0 saturated carbocycles. The number of ether oxygens (including phenoxy) is 1. The molecule has 2 aromatic rings. The molecule has 124 valence electrons. The summed E-state index contributed by atoms with van der Waals surface area (Å²) in [4.78, 5) is 12.9. The van der Waals surface area contributed by atoms with Crippen LogP contribution in [0.2, 0.25) is 0 Å². The molecule has 5 nitrogen and oxygen atoms in total. The minimum atomic E-state index is -0.688. The number of benzene rings is 1. The highest BCUT2D eigenvalue weighted by atomic mass is 32.1. The highest BCUT2D eigenvalue weighted by Crippen LogP contribution is 2.26. The molecule has 0 aliphatic carbocycles. The number of nitrogens with one attached hydrogen (secondary N) is 2. The smallest absolute Gasteiger partial charge is 0.315 e. The van der Waals surface area contributed by atoms with Gasteiger partial charge in [0.1, 0.15) is 11.9 Å². The maximum absolute atomic E-state index is 12.1. The van der Waals surface area contributed by atoms with E-state index in [1.807, 2.05) is 48.7 Å². The largest absolute Gasteiger partial charge is 0.496 e. The molecule has 0 radical (unpaired) electrons. The summed E-state index contributed by atoms with van der Waals surface area (Å²) >= 11 is 1.46. The van der Waals surface area contributed by atoms with Crippen LogP contribution < -0.4 is 15.4 Å². The van der Waals surface area contributed by atoms with Crippen molar-refractivity contribution in [1.82, 2.24) is 10.6 Å². The number of urea groups is 1. The van der Waals surface area contributed by atoms with Crippen molar-refractivity contribution in [3.05, 3.63) is 52.2 Å². The van der Waals surface area contributed by atoms with E-state index in [4.69, 9.17) is 4.74 Å². The van der Waals surface area contributed by atoms with Gasteiger partial charge in [0.25, 0.3) is 0 Å². The van der Waals surface area contributed by atoms with Crippen molar-refractivity contribution in [3.63, 3.8) is 0 Å². The van der Waals surface area contributed by atoms with Gasteiger partial charge in [0.15, 0.2) is 0 Å². The number of rotatable bonds is 7. The van der Waals surface area contributed by atoms with E-state index in [1.54, 1.807) is 7.11 Å². The molecule has 0 aliphatic heterocycles. The van der Waals surface area contributed by atoms with Crippen LogP contribution in [0, 0.1) is 0 Å². The zero-order valence-corrected chi connectivity index (χ0v) is 14.1. The normalized spacial score (nSPS) is 13.2. The molecule has 6 heteroatoms. The second kappa shape index (κ2) is 8.55. The van der Waals surface area contributed by atoms with Crippen molar-refractivity contribution in [3.8, 4) is 5.75 Å². The van der Waals surface area contributed by atoms with E-state index in [1.165, 1.54) is 11.3 Å². The van der Waals surface area contributed by atoms with Crippen LogP contribution >= 0.6 is 11.3 Å². The molecule has 0 fully saturated rings. The highest BCUT2D eigenvalue weighted by Gasteiger charge is 2.17. The van der Waals surface area contributed by atoms with Gasteiger partial charge < -0.3 is 20.5 Å². The number of amides is 2. The van der Waals surface area contributed by atoms with Gasteiger partial charge in [-0.1, -0.05) is 31.2 Å². The zero-order valence-electron chi connectivity index (χ0n) is 13.3. The van der Waals surface area contributed by atoms with Gasteiger partial charge in [-0.25, -0.2) is 4.79 Å². The summed E-state index contributed by atoms with van der Waals surface area (Å²) in [5.41, 5.74) is 0.937. The lowest BCUT2D eigenvalue weighted by Crippen LogP contribution is -2.39. The lowest BCUT2D eigenvalue weighted by Gasteiger charge is -2.20. The van der Waals surface area contributed by atoms with Crippen LogP contribution in [0.1, 0.15) is 35.9 Å². The lowest BCUT2D eigenvalue weighted by molar-refractivity contribution is 0.175. The minimum absolute atomic E-state index is 0.148. The number of methoxy groups -OCH3 is 1. The average Bonchev–Trinajstić information content (AvgIpc) is 3.12. The van der Waals surface area contributed by atoms with Crippen molar-refractivity contribution in [2.75, 3.05) is 13.7 Å². The molecule has 2 unspecified atom stereocenters. The van der Waals surface area contributed by atoms with Crippen molar-refractivity contribution in [1.29, 1.82) is 0 Å². The maximum Gasteiger partial charge on any atom is 0.315 e. The Kier molecular flexibility index (Phi) is 6.43. The van der Waals surface area contributed by atoms with Gasteiger partial charge in [0.05, 0.1) is 19.7 Å². The van der Waals surface area contributed by atoms with Gasteiger partial charge >= 0.3 is 6.03 Å². The Morgan fingerprint density at radius 3 is 2.74 bits per heavy atom. The second-order valence-corrected chi connectivity index (χ2v) is 6.07. The number of para-hydroxylation sites is 1. The van der Waals surface area contributed by atoms with E-state index < -0.39 is 6.10 Å². The SMILES string of the molecule is CCC(NC(=O)NCC(O)c1cccs1)c1ccccc1OC. The Bertz CT molecular complexity index is 616. The lowest BCUT2D eigenvalue weighted by atomic mass is 10.0. The molecule has 23 heavy (non-hydrogen) atoms. The summed E-state index contributed by atoms with van der Waals surface area (Å²) in [7, 11) is 1.61. The molecule has 0 spiro atoms. The fraction of sp³-hybridized carbons (Fsp3) is 0.353. The van der Waals surface area contributed by atoms with Gasteiger partial charge in [0, 0.05) is 10.4 Å². The van der Waals surface area contributed by atoms with Gasteiger partial charge in [-0.15, -0.1) is 11.3 Å². The summed E-state index contributed by atoms with van der Waals surface area (Å²) in [5.74, 6) is 0.748. The Labute approximate surface area is 140 Å². The number of hydrogen-bond donors (Lipinski definition) is 3. The first kappa shape index (κ1) is 17.3. The highest BCUT2D eigenvalue weighted by molar-refractivity contribution is 7.10. The first-order valence-corrected chi connectivity index (χ1v) is 8.42. The number of thiophene rings is 1. The summed E-state index contributed by atoms with van der Waals surface area (Å²) in [6.45, 7) is 2.17. The van der Waals surface area contributed by atoms with E-state index in [2.05, 4.69) is 10.6 Å². The topological polar surface area (TPSA) is 70.6 Å². The van der Waals surface area contributed by atoms with E-state index in [-0.39, 0.29) is 18.6 Å². The predicted octanol–water partition coefficient (Wildman–Crippen LogP) is 3.24. The number of aliphatic hydroxyl groups is 1. The van der Waals surface area contributed by atoms with Crippen LogP contribution in [-0.4, -0.2) is 24.8 Å². The van der Waals surface area contributed by atoms with E-state index in [0.717, 1.165) is 22.6 Å². The van der Waals surface area contributed by atoms with Gasteiger partial charge in [-0.05, 0) is 23.9 Å². The van der Waals surface area contributed by atoms with E-state index in [0.29, 0.717) is 0 Å². The number of carbonyl (C=O) groups is 1. The fourth-order valence-electron chi connectivity index (χ4n) is 2.33. The van der Waals surface area contributed by atoms with Crippen LogP contribution in [0.15, 0.2) is 41.8 Å². The standard InChI is InChI=1S/C17H22N2O3S/c1-3-13(12-7-4-5-8-15(12)22-2)19-17(21)18-11-14(20)16-9-6-10-23-16/h4-10,13-14,20H,3,11H2,1-2H3,(H2,18,19,21). The van der Waals surface area contributed by atoms with Crippen molar-refractivity contribution in [2.24, 2.45) is 0 Å². The Balaban J connectivity index is 1.92. The zero-order chi connectivity index (χ0) is 16.7. The predicted molar refractivity (Wildman–Crippen MR) is 91.8 cm³/mol. The molecule has 1 heterocycles. The Morgan fingerprint density at radius 2 is 2.09 bits per heavy atom. The molecule has 3 N–H and O–H groups in total. The Hall–Kier alpha value is -2.05. The van der Waals surface area contributed by atoms with Crippen molar-refractivity contribution >= 4 is 17.4 Å². The number of hydrogen-bond acceptors (Lipinski definition) is 4. The molecule has 2 rings (SSSR count). The fourth-order valence-corrected chi connectivity index (χ4v) is 3.05. The van der Waals surface area contributed by atoms with E-state index in [9.17, 15) is 9.90 Å². The summed E-state index contributed by atoms with van der Waals surface area (Å²) in [6, 6.07) is 10.9. The van der Waals surface area contributed by atoms with Gasteiger partial charge in [-0.2, -0.15) is 0 Å². The molecule has 0 bridgehead atoms. The van der Waals surface area contributed by atoms with Crippen LogP contribution in [0.3, 0.4) is 0 Å². The summed E-state index contributed by atoms with van der Waals surface area (Å²) in [5, 5.41) is 17.5. The second-order valence-electron chi connectivity index (χ2n) is 5.09. The summed E-state index contributed by atoms with van der Waals surface area (Å²) in [6.07, 6.45) is 0.0495. The van der Waals surface area contributed by atoms with Gasteiger partial charge in [0.2, 0.25) is 0 Å². The minimum Gasteiger partial charge on any atom is -0.496 e. The molecule has 2 atom stereocenters. The van der Waals surface area contributed by atoms with Gasteiger partial charge in [-0.3, -0.25) is 0 Å². The van der Waals surface area contributed by atoms with Crippen LogP contribution in [0.25, 0.3) is 0 Å². The quantitative estimate of drug-likeness (QED) is 0.728. The van der Waals surface area contributed by atoms with Crippen LogP contribution in [-0.2, 0) is 0 Å². The molecule has 1 aromatic carbocycles. The van der Waals surface area contributed by atoms with Crippen LogP contribution in [0.5, 0.6) is 5.75 Å². The Morgan fingerprint density at radius 1 is 1.30 bits per heavy atom. The first-order chi connectivity index (χ1) is 11.2. The molecule has 2 amide bonds. The molecule has 1 aromatic heterocycles. The summed E-state index contributed by atoms with van der Waals surface area (Å²) < 4.78 is 5.35. The number of carbonyl (C=O) groups excluding carboxylic acids is 1. The van der Waals surface area contributed by atoms with E-state index >= 15 is 0 Å². The molecular formula is C17H22N2O3S. The average molecular weight is 334 g/mol. The molecule has 0 saturated heterocycles. The first-order valence-electron chi connectivity index (χ1n) is 7.54. The third-order valence-electron chi connectivity index (χ3n) is 3.56. The third kappa shape index (κ3) is 4.71. The van der Waals surface area contributed by atoms with Crippen LogP contribution in [0.4, 0.5) is 4.79 Å². The molecular weight excluding hydrogens is 312 g/mol. The number of aliphatic hydroxyl groups excluding tert-OH is 1. The maximum atomic E-state index is 12.1. The molecule has 0 aliphatic rings. The third-order valence-corrected chi connectivity index (χ3v) is 4.53. The van der Waals surface area contributed by atoms with Crippen molar-refractivity contribution < 1.29 is 14.6 Å². The monoisotopic (exact) mass is 334 g/mol.